The quantitative estimate of drug-likeness (QED) is 0.456. The van der Waals surface area contributed by atoms with E-state index >= 15 is 0 Å². The summed E-state index contributed by atoms with van der Waals surface area (Å²) in [5.41, 5.74) is 8.74. The van der Waals surface area contributed by atoms with Gasteiger partial charge in [0, 0.05) is 13.0 Å². The average Bonchev–Trinajstić information content (AvgIpc) is 3.33. The molecule has 3 aromatic rings. The van der Waals surface area contributed by atoms with Crippen molar-refractivity contribution in [3.63, 3.8) is 0 Å². The van der Waals surface area contributed by atoms with Gasteiger partial charge >= 0.3 is 0 Å². The van der Waals surface area contributed by atoms with Crippen LogP contribution in [-0.2, 0) is 15.9 Å². The zero-order valence-electron chi connectivity index (χ0n) is 16.9. The van der Waals surface area contributed by atoms with Crippen LogP contribution in [0.1, 0.15) is 29.7 Å². The third-order valence-electron chi connectivity index (χ3n) is 6.42. The number of hydrogen-bond donors (Lipinski definition) is 4. The molecule has 164 valence electrons. The lowest BCUT2D eigenvalue weighted by Gasteiger charge is -2.38. The lowest BCUT2D eigenvalue weighted by molar-refractivity contribution is -0.117. The van der Waals surface area contributed by atoms with Crippen LogP contribution in [0.25, 0.3) is 11.2 Å². The van der Waals surface area contributed by atoms with Crippen molar-refractivity contribution in [3.8, 4) is 0 Å². The highest BCUT2D eigenvalue weighted by Gasteiger charge is 2.51. The van der Waals surface area contributed by atoms with Crippen molar-refractivity contribution in [1.29, 1.82) is 0 Å². The lowest BCUT2D eigenvalue weighted by atomic mass is 9.75. The van der Waals surface area contributed by atoms with E-state index in [-0.39, 0.29) is 5.82 Å². The molecular weight excluding hydrogens is 402 g/mol. The van der Waals surface area contributed by atoms with E-state index in [0.29, 0.717) is 17.6 Å². The molecule has 1 aliphatic heterocycles. The molecule has 31 heavy (non-hydrogen) atoms. The number of fused-ring (bicyclic) bond motifs is 2. The van der Waals surface area contributed by atoms with E-state index in [1.807, 2.05) is 24.3 Å². The first-order valence-corrected chi connectivity index (χ1v) is 10.2. The first kappa shape index (κ1) is 20.3. The number of methoxy groups -OCH3 is 1. The van der Waals surface area contributed by atoms with E-state index in [1.165, 1.54) is 24.3 Å². The Kier molecular flexibility index (Phi) is 5.11. The summed E-state index contributed by atoms with van der Waals surface area (Å²) in [6.07, 6.45) is -1.57. The smallest absolute Gasteiger partial charge is 0.167 e. The standard InChI is InChI=1S/C21H25N5O5/c1-30-17(13-11-5-3-2-4-10(11)6-7-12(13)27)18-15(28)16(29)21(31-18)26-9-25-14-19(22)23-8-24-20(14)26/h2-5,8-9,12-13,15-18,21,27-29H,6-7H2,1H3,(H2,22,23,24)/t12?,13?,15-,16+,17?,18-,21+/m0/s1. The van der Waals surface area contributed by atoms with Gasteiger partial charge < -0.3 is 30.5 Å². The van der Waals surface area contributed by atoms with Crippen LogP contribution in [0, 0.1) is 0 Å². The van der Waals surface area contributed by atoms with Gasteiger partial charge in [0.15, 0.2) is 17.7 Å². The Bertz CT molecular complexity index is 1090. The number of rotatable bonds is 4. The summed E-state index contributed by atoms with van der Waals surface area (Å²) in [5.74, 6) is -0.192. The largest absolute Gasteiger partial charge is 0.392 e. The number of benzene rings is 1. The first-order chi connectivity index (χ1) is 15.0. The van der Waals surface area contributed by atoms with Gasteiger partial charge in [0.2, 0.25) is 0 Å². The van der Waals surface area contributed by atoms with E-state index in [0.717, 1.165) is 17.5 Å². The first-order valence-electron chi connectivity index (χ1n) is 10.2. The van der Waals surface area contributed by atoms with Gasteiger partial charge in [-0.05, 0) is 24.0 Å². The fourth-order valence-corrected chi connectivity index (χ4v) is 4.90. The second-order valence-corrected chi connectivity index (χ2v) is 8.09. The average molecular weight is 427 g/mol. The fraction of sp³-hybridized carbons (Fsp3) is 0.476. The van der Waals surface area contributed by atoms with Gasteiger partial charge in [-0.15, -0.1) is 0 Å². The minimum absolute atomic E-state index is 0.213. The molecule has 1 aromatic carbocycles. The normalized spacial score (nSPS) is 31.6. The zero-order chi connectivity index (χ0) is 21.7. The number of aliphatic hydroxyl groups is 3. The molecule has 7 atom stereocenters. The van der Waals surface area contributed by atoms with Crippen LogP contribution in [0.3, 0.4) is 0 Å². The van der Waals surface area contributed by atoms with Crippen LogP contribution in [-0.4, -0.2) is 72.5 Å². The summed E-state index contributed by atoms with van der Waals surface area (Å²) in [5, 5.41) is 32.5. The molecule has 2 aliphatic rings. The van der Waals surface area contributed by atoms with Gasteiger partial charge in [-0.25, -0.2) is 15.0 Å². The number of aliphatic hydroxyl groups excluding tert-OH is 3. The highest BCUT2D eigenvalue weighted by Crippen LogP contribution is 2.42. The van der Waals surface area contributed by atoms with Crippen molar-refractivity contribution >= 4 is 17.0 Å². The molecule has 1 aliphatic carbocycles. The number of hydrogen-bond acceptors (Lipinski definition) is 9. The molecule has 3 heterocycles. The SMILES string of the molecule is COC(C1c2ccccc2CCC1O)[C@H]1O[C@@H](n2cnc3c(N)ncnc32)[C@H](O)[C@@H]1O. The molecule has 5 rings (SSSR count). The van der Waals surface area contributed by atoms with Crippen LogP contribution in [0.15, 0.2) is 36.9 Å². The van der Waals surface area contributed by atoms with Gasteiger partial charge in [-0.1, -0.05) is 24.3 Å². The molecule has 0 spiro atoms. The maximum atomic E-state index is 10.9. The molecule has 1 saturated heterocycles. The van der Waals surface area contributed by atoms with E-state index < -0.39 is 42.7 Å². The van der Waals surface area contributed by atoms with Crippen molar-refractivity contribution in [2.45, 2.75) is 55.5 Å². The third kappa shape index (κ3) is 3.19. The Labute approximate surface area is 178 Å². The number of anilines is 1. The van der Waals surface area contributed by atoms with Crippen molar-refractivity contribution in [3.05, 3.63) is 48.0 Å². The van der Waals surface area contributed by atoms with Crippen LogP contribution in [0.2, 0.25) is 0 Å². The fourth-order valence-electron chi connectivity index (χ4n) is 4.90. The summed E-state index contributed by atoms with van der Waals surface area (Å²) in [4.78, 5) is 12.3. The molecule has 0 radical (unpaired) electrons. The molecular formula is C21H25N5O5. The number of nitrogens with zero attached hydrogens (tertiary/aromatic N) is 4. The number of nitrogens with two attached hydrogens (primary N) is 1. The van der Waals surface area contributed by atoms with E-state index in [4.69, 9.17) is 15.2 Å². The molecule has 0 amide bonds. The Hall–Kier alpha value is -2.63. The topological polar surface area (TPSA) is 149 Å². The van der Waals surface area contributed by atoms with E-state index in [9.17, 15) is 15.3 Å². The molecule has 0 bridgehead atoms. The maximum Gasteiger partial charge on any atom is 0.167 e. The monoisotopic (exact) mass is 427 g/mol. The van der Waals surface area contributed by atoms with E-state index in [1.54, 1.807) is 0 Å². The van der Waals surface area contributed by atoms with Crippen molar-refractivity contribution in [1.82, 2.24) is 19.5 Å². The minimum atomic E-state index is -1.26. The summed E-state index contributed by atoms with van der Waals surface area (Å²) in [6.45, 7) is 0. The van der Waals surface area contributed by atoms with Crippen molar-refractivity contribution in [2.75, 3.05) is 12.8 Å². The third-order valence-corrected chi connectivity index (χ3v) is 6.42. The van der Waals surface area contributed by atoms with Gasteiger partial charge in [-0.2, -0.15) is 0 Å². The molecule has 1 fully saturated rings. The summed E-state index contributed by atoms with van der Waals surface area (Å²) < 4.78 is 13.4. The predicted molar refractivity (Wildman–Crippen MR) is 110 cm³/mol. The van der Waals surface area contributed by atoms with Crippen molar-refractivity contribution < 1.29 is 24.8 Å². The summed E-state index contributed by atoms with van der Waals surface area (Å²) >= 11 is 0. The van der Waals surface area contributed by atoms with E-state index in [2.05, 4.69) is 15.0 Å². The van der Waals surface area contributed by atoms with Gasteiger partial charge in [0.25, 0.3) is 0 Å². The number of aromatic nitrogens is 4. The Morgan fingerprint density at radius 3 is 2.77 bits per heavy atom. The highest BCUT2D eigenvalue weighted by atomic mass is 16.6. The van der Waals surface area contributed by atoms with Gasteiger partial charge in [0.05, 0.1) is 18.5 Å². The van der Waals surface area contributed by atoms with Crippen LogP contribution in [0.5, 0.6) is 0 Å². The minimum Gasteiger partial charge on any atom is -0.392 e. The highest BCUT2D eigenvalue weighted by molar-refractivity contribution is 5.81. The number of ether oxygens (including phenoxy) is 2. The second-order valence-electron chi connectivity index (χ2n) is 8.09. The van der Waals surface area contributed by atoms with Crippen LogP contribution < -0.4 is 5.73 Å². The Morgan fingerprint density at radius 2 is 1.97 bits per heavy atom. The molecule has 0 saturated carbocycles. The maximum absolute atomic E-state index is 10.9. The molecule has 3 unspecified atom stereocenters. The van der Waals surface area contributed by atoms with Crippen LogP contribution in [0.4, 0.5) is 5.82 Å². The molecule has 5 N–H and O–H groups in total. The van der Waals surface area contributed by atoms with Crippen molar-refractivity contribution in [2.24, 2.45) is 0 Å². The predicted octanol–water partition coefficient (Wildman–Crippen LogP) is 0.134. The Morgan fingerprint density at radius 1 is 1.16 bits per heavy atom. The summed E-state index contributed by atoms with van der Waals surface area (Å²) in [7, 11) is 1.52. The number of aryl methyl sites for hydroxylation is 1. The number of nitrogen functional groups attached to an aromatic ring is 1. The van der Waals surface area contributed by atoms with Gasteiger partial charge in [-0.3, -0.25) is 4.57 Å². The molecule has 2 aromatic heterocycles. The summed E-state index contributed by atoms with van der Waals surface area (Å²) in [6, 6.07) is 7.88. The second kappa shape index (κ2) is 7.81. The molecule has 10 heteroatoms. The lowest BCUT2D eigenvalue weighted by Crippen LogP contribution is -2.47. The Balaban J connectivity index is 1.49. The number of imidazole rings is 1. The zero-order valence-corrected chi connectivity index (χ0v) is 16.9. The van der Waals surface area contributed by atoms with Crippen LogP contribution >= 0.6 is 0 Å². The van der Waals surface area contributed by atoms with Gasteiger partial charge in [0.1, 0.15) is 30.2 Å². The molecule has 10 nitrogen and oxygen atoms in total.